The molecule has 0 N–H and O–H groups in total. The van der Waals surface area contributed by atoms with Crippen LogP contribution >= 0.6 is 0 Å². The molecular weight excluding hydrogens is 248 g/mol. The Balaban J connectivity index is 2.36. The first-order chi connectivity index (χ1) is 9.13. The summed E-state index contributed by atoms with van der Waals surface area (Å²) in [5.74, 6) is 0.420. The molecule has 0 saturated heterocycles. The van der Waals surface area contributed by atoms with E-state index in [2.05, 4.69) is 0 Å². The summed E-state index contributed by atoms with van der Waals surface area (Å²) in [5, 5.41) is 10.8. The van der Waals surface area contributed by atoms with Crippen molar-refractivity contribution in [3.8, 4) is 5.75 Å². The molecule has 0 aliphatic heterocycles. The molecule has 2 rings (SSSR count). The maximum Gasteiger partial charge on any atom is 0.273 e. The Hall–Kier alpha value is -2.63. The van der Waals surface area contributed by atoms with E-state index in [4.69, 9.17) is 4.74 Å². The van der Waals surface area contributed by atoms with Gasteiger partial charge in [-0.15, -0.1) is 0 Å². The zero-order valence-corrected chi connectivity index (χ0v) is 10.3. The predicted molar refractivity (Wildman–Crippen MR) is 68.6 cm³/mol. The van der Waals surface area contributed by atoms with E-state index < -0.39 is 4.92 Å². The van der Waals surface area contributed by atoms with E-state index in [1.54, 1.807) is 29.0 Å². The standard InChI is InChI=1S/C13H12N2O4/c1-19-13-6-10(5-12(7-13)15(17)18)8-14-4-2-3-11(14)9-16/h2-7,9H,8H2,1H3. The molecule has 0 radical (unpaired) electrons. The highest BCUT2D eigenvalue weighted by Crippen LogP contribution is 2.23. The third-order valence-corrected chi connectivity index (χ3v) is 2.74. The van der Waals surface area contributed by atoms with Crippen LogP contribution in [-0.2, 0) is 6.54 Å². The van der Waals surface area contributed by atoms with Crippen LogP contribution in [0.4, 0.5) is 5.69 Å². The number of carbonyl (C=O) groups is 1. The summed E-state index contributed by atoms with van der Waals surface area (Å²) in [4.78, 5) is 21.2. The Kier molecular flexibility index (Phi) is 3.61. The molecule has 98 valence electrons. The molecule has 1 aromatic heterocycles. The number of carbonyl (C=O) groups excluding carboxylic acids is 1. The van der Waals surface area contributed by atoms with Gasteiger partial charge in [0.2, 0.25) is 0 Å². The minimum absolute atomic E-state index is 0.0332. The highest BCUT2D eigenvalue weighted by atomic mass is 16.6. The number of aromatic nitrogens is 1. The molecule has 0 spiro atoms. The van der Waals surface area contributed by atoms with E-state index in [1.807, 2.05) is 0 Å². The lowest BCUT2D eigenvalue weighted by Crippen LogP contribution is -2.03. The van der Waals surface area contributed by atoms with Crippen molar-refractivity contribution in [3.05, 3.63) is 57.9 Å². The van der Waals surface area contributed by atoms with Crippen molar-refractivity contribution in [2.45, 2.75) is 6.54 Å². The molecule has 19 heavy (non-hydrogen) atoms. The Labute approximate surface area is 109 Å². The van der Waals surface area contributed by atoms with Crippen molar-refractivity contribution in [1.82, 2.24) is 4.57 Å². The van der Waals surface area contributed by atoms with Gasteiger partial charge >= 0.3 is 0 Å². The first kappa shape index (κ1) is 12.8. The first-order valence-electron chi connectivity index (χ1n) is 5.56. The fourth-order valence-corrected chi connectivity index (χ4v) is 1.83. The number of nitro groups is 1. The molecule has 0 saturated carbocycles. The predicted octanol–water partition coefficient (Wildman–Crippen LogP) is 2.27. The lowest BCUT2D eigenvalue weighted by Gasteiger charge is -2.07. The quantitative estimate of drug-likeness (QED) is 0.469. The Morgan fingerprint density at radius 1 is 1.42 bits per heavy atom. The molecule has 0 bridgehead atoms. The molecule has 0 aliphatic rings. The monoisotopic (exact) mass is 260 g/mol. The van der Waals surface area contributed by atoms with E-state index in [9.17, 15) is 14.9 Å². The van der Waals surface area contributed by atoms with Crippen molar-refractivity contribution in [2.24, 2.45) is 0 Å². The number of benzene rings is 1. The highest BCUT2D eigenvalue weighted by Gasteiger charge is 2.11. The maximum atomic E-state index is 10.8. The van der Waals surface area contributed by atoms with Gasteiger partial charge in [0.05, 0.1) is 23.8 Å². The summed E-state index contributed by atoms with van der Waals surface area (Å²) in [6, 6.07) is 7.97. The van der Waals surface area contributed by atoms with Gasteiger partial charge in [0.15, 0.2) is 6.29 Å². The van der Waals surface area contributed by atoms with Crippen molar-refractivity contribution in [3.63, 3.8) is 0 Å². The molecule has 6 nitrogen and oxygen atoms in total. The van der Waals surface area contributed by atoms with Gasteiger partial charge in [0, 0.05) is 18.8 Å². The van der Waals surface area contributed by atoms with Crippen LogP contribution in [0.1, 0.15) is 16.1 Å². The number of ether oxygens (including phenoxy) is 1. The van der Waals surface area contributed by atoms with Gasteiger partial charge in [-0.2, -0.15) is 0 Å². The largest absolute Gasteiger partial charge is 0.496 e. The van der Waals surface area contributed by atoms with E-state index in [1.165, 1.54) is 19.2 Å². The number of nitrogens with zero attached hydrogens (tertiary/aromatic N) is 2. The average Bonchev–Trinajstić information content (AvgIpc) is 2.85. The molecule has 2 aromatic rings. The number of hydrogen-bond donors (Lipinski definition) is 0. The Bertz CT molecular complexity index is 619. The van der Waals surface area contributed by atoms with Crippen LogP contribution in [0.25, 0.3) is 0 Å². The van der Waals surface area contributed by atoms with Crippen LogP contribution in [0.5, 0.6) is 5.75 Å². The molecule has 0 unspecified atom stereocenters. The average molecular weight is 260 g/mol. The molecule has 1 heterocycles. The van der Waals surface area contributed by atoms with Crippen LogP contribution in [0.15, 0.2) is 36.5 Å². The zero-order valence-electron chi connectivity index (χ0n) is 10.3. The van der Waals surface area contributed by atoms with Crippen LogP contribution in [-0.4, -0.2) is 22.9 Å². The number of nitro benzene ring substituents is 1. The molecule has 0 atom stereocenters. The maximum absolute atomic E-state index is 10.8. The molecule has 1 aromatic carbocycles. The molecular formula is C13H12N2O4. The fourth-order valence-electron chi connectivity index (χ4n) is 1.83. The lowest BCUT2D eigenvalue weighted by molar-refractivity contribution is -0.385. The van der Waals surface area contributed by atoms with Gasteiger partial charge in [-0.1, -0.05) is 0 Å². The molecule has 0 amide bonds. The van der Waals surface area contributed by atoms with Gasteiger partial charge in [-0.25, -0.2) is 0 Å². The molecule has 0 fully saturated rings. The summed E-state index contributed by atoms with van der Waals surface area (Å²) < 4.78 is 6.75. The summed E-state index contributed by atoms with van der Waals surface area (Å²) in [7, 11) is 1.45. The summed E-state index contributed by atoms with van der Waals surface area (Å²) in [6.07, 6.45) is 2.49. The van der Waals surface area contributed by atoms with Crippen LogP contribution in [0.3, 0.4) is 0 Å². The van der Waals surface area contributed by atoms with Gasteiger partial charge in [-0.05, 0) is 23.8 Å². The van der Waals surface area contributed by atoms with Gasteiger partial charge in [0.1, 0.15) is 5.75 Å². The summed E-state index contributed by atoms with van der Waals surface area (Å²) >= 11 is 0. The lowest BCUT2D eigenvalue weighted by atomic mass is 10.2. The second-order valence-corrected chi connectivity index (χ2v) is 3.98. The summed E-state index contributed by atoms with van der Waals surface area (Å²) in [5.41, 5.74) is 1.19. The van der Waals surface area contributed by atoms with Crippen LogP contribution in [0.2, 0.25) is 0 Å². The third-order valence-electron chi connectivity index (χ3n) is 2.74. The Morgan fingerprint density at radius 3 is 2.84 bits per heavy atom. The number of aldehydes is 1. The minimum atomic E-state index is -0.470. The second kappa shape index (κ2) is 5.34. The SMILES string of the molecule is COc1cc(Cn2cccc2C=O)cc([N+](=O)[O-])c1. The number of hydrogen-bond acceptors (Lipinski definition) is 4. The smallest absolute Gasteiger partial charge is 0.273 e. The van der Waals surface area contributed by atoms with E-state index in [0.29, 0.717) is 23.6 Å². The van der Waals surface area contributed by atoms with Crippen molar-refractivity contribution in [2.75, 3.05) is 7.11 Å². The molecule has 6 heteroatoms. The fraction of sp³-hybridized carbons (Fsp3) is 0.154. The normalized spacial score (nSPS) is 10.2. The van der Waals surface area contributed by atoms with E-state index >= 15 is 0 Å². The number of non-ortho nitro benzene ring substituents is 1. The third kappa shape index (κ3) is 2.79. The summed E-state index contributed by atoms with van der Waals surface area (Å²) in [6.45, 7) is 0.374. The van der Waals surface area contributed by atoms with Gasteiger partial charge in [-0.3, -0.25) is 14.9 Å². The minimum Gasteiger partial charge on any atom is -0.496 e. The highest BCUT2D eigenvalue weighted by molar-refractivity contribution is 5.72. The number of methoxy groups -OCH3 is 1. The first-order valence-corrected chi connectivity index (χ1v) is 5.56. The van der Waals surface area contributed by atoms with E-state index in [-0.39, 0.29) is 5.69 Å². The van der Waals surface area contributed by atoms with Crippen molar-refractivity contribution >= 4 is 12.0 Å². The number of rotatable bonds is 5. The van der Waals surface area contributed by atoms with Gasteiger partial charge in [0.25, 0.3) is 5.69 Å². The van der Waals surface area contributed by atoms with Crippen LogP contribution < -0.4 is 4.74 Å². The molecule has 0 aliphatic carbocycles. The topological polar surface area (TPSA) is 74.4 Å². The van der Waals surface area contributed by atoms with Gasteiger partial charge < -0.3 is 9.30 Å². The van der Waals surface area contributed by atoms with Crippen molar-refractivity contribution in [1.29, 1.82) is 0 Å². The Morgan fingerprint density at radius 2 is 2.21 bits per heavy atom. The van der Waals surface area contributed by atoms with Crippen molar-refractivity contribution < 1.29 is 14.5 Å². The van der Waals surface area contributed by atoms with E-state index in [0.717, 1.165) is 6.29 Å². The second-order valence-electron chi connectivity index (χ2n) is 3.98. The zero-order chi connectivity index (χ0) is 13.8. The van der Waals surface area contributed by atoms with Crippen LogP contribution in [0, 0.1) is 10.1 Å².